The first-order chi connectivity index (χ1) is 19.7. The number of piperidine rings is 1. The number of alkyl halides is 3. The molecular formula is C29H32F4N6O2. The molecule has 4 heterocycles. The zero-order valence-corrected chi connectivity index (χ0v) is 22.7. The van der Waals surface area contributed by atoms with E-state index < -0.39 is 23.6 Å². The number of rotatable bonds is 7. The molecule has 0 radical (unpaired) electrons. The Morgan fingerprint density at radius 1 is 1.07 bits per heavy atom. The molecule has 1 unspecified atom stereocenters. The molecular weight excluding hydrogens is 540 g/mol. The van der Waals surface area contributed by atoms with E-state index in [2.05, 4.69) is 25.2 Å². The summed E-state index contributed by atoms with van der Waals surface area (Å²) in [6.07, 6.45) is 4.09. The maximum Gasteiger partial charge on any atom is 0.416 e. The van der Waals surface area contributed by atoms with Gasteiger partial charge in [-0.2, -0.15) is 18.2 Å². The molecule has 1 saturated carbocycles. The molecule has 1 aromatic carbocycles. The highest BCUT2D eigenvalue weighted by Gasteiger charge is 2.39. The average Bonchev–Trinajstić information content (AvgIpc) is 2.93. The fraction of sp³-hybridized carbons (Fsp3) is 0.483. The van der Waals surface area contributed by atoms with Crippen molar-refractivity contribution in [3.63, 3.8) is 0 Å². The van der Waals surface area contributed by atoms with Gasteiger partial charge in [0.25, 0.3) is 0 Å². The summed E-state index contributed by atoms with van der Waals surface area (Å²) in [6.45, 7) is 2.27. The molecule has 0 spiro atoms. The molecule has 3 aliphatic rings. The van der Waals surface area contributed by atoms with Crippen LogP contribution in [0, 0.1) is 11.7 Å². The SMILES string of the molecule is CN1c2nc(NC3CCN(c4ccnc(OCC5CCC5)c4)CC3)ncc2OCC1c1cc(F)ccc1C(F)(F)F. The lowest BCUT2D eigenvalue weighted by Gasteiger charge is -2.36. The molecule has 0 bridgehead atoms. The summed E-state index contributed by atoms with van der Waals surface area (Å²) in [4.78, 5) is 17.2. The minimum absolute atomic E-state index is 0.0903. The molecule has 218 valence electrons. The smallest absolute Gasteiger partial charge is 0.416 e. The molecule has 2 fully saturated rings. The lowest BCUT2D eigenvalue weighted by Crippen LogP contribution is -2.40. The lowest BCUT2D eigenvalue weighted by molar-refractivity contribution is -0.138. The highest BCUT2D eigenvalue weighted by atomic mass is 19.4. The van der Waals surface area contributed by atoms with Gasteiger partial charge in [-0.3, -0.25) is 0 Å². The maximum atomic E-state index is 14.0. The molecule has 8 nitrogen and oxygen atoms in total. The van der Waals surface area contributed by atoms with Gasteiger partial charge in [0.05, 0.1) is 24.4 Å². The summed E-state index contributed by atoms with van der Waals surface area (Å²) in [5.41, 5.74) is -0.0143. The van der Waals surface area contributed by atoms with Crippen LogP contribution >= 0.6 is 0 Å². The molecule has 12 heteroatoms. The van der Waals surface area contributed by atoms with Gasteiger partial charge in [-0.05, 0) is 61.4 Å². The minimum Gasteiger partial charge on any atom is -0.486 e. The molecule has 1 aliphatic carbocycles. The first-order valence-corrected chi connectivity index (χ1v) is 13.9. The second kappa shape index (κ2) is 11.2. The number of hydrogen-bond acceptors (Lipinski definition) is 8. The molecule has 2 aromatic heterocycles. The van der Waals surface area contributed by atoms with Crippen molar-refractivity contribution in [3.05, 3.63) is 59.7 Å². The summed E-state index contributed by atoms with van der Waals surface area (Å²) in [6, 6.07) is 5.73. The second-order valence-electron chi connectivity index (χ2n) is 10.9. The Balaban J connectivity index is 1.10. The number of ether oxygens (including phenoxy) is 2. The van der Waals surface area contributed by atoms with Crippen LogP contribution in [0.25, 0.3) is 0 Å². The van der Waals surface area contributed by atoms with Crippen molar-refractivity contribution >= 4 is 17.5 Å². The van der Waals surface area contributed by atoms with Crippen LogP contribution in [-0.4, -0.2) is 54.3 Å². The zero-order valence-electron chi connectivity index (χ0n) is 22.7. The van der Waals surface area contributed by atoms with Gasteiger partial charge in [-0.1, -0.05) is 6.42 Å². The van der Waals surface area contributed by atoms with Crippen molar-refractivity contribution in [2.75, 3.05) is 48.5 Å². The summed E-state index contributed by atoms with van der Waals surface area (Å²) in [7, 11) is 1.63. The van der Waals surface area contributed by atoms with E-state index >= 15 is 0 Å². The number of pyridine rings is 1. The van der Waals surface area contributed by atoms with Crippen LogP contribution in [0.1, 0.15) is 49.3 Å². The number of fused-ring (bicyclic) bond motifs is 1. The average molecular weight is 573 g/mol. The van der Waals surface area contributed by atoms with E-state index in [1.54, 1.807) is 18.1 Å². The monoisotopic (exact) mass is 572 g/mol. The van der Waals surface area contributed by atoms with E-state index in [9.17, 15) is 17.6 Å². The number of hydrogen-bond donors (Lipinski definition) is 1. The third-order valence-corrected chi connectivity index (χ3v) is 8.22. The summed E-state index contributed by atoms with van der Waals surface area (Å²) < 4.78 is 66.7. The van der Waals surface area contributed by atoms with Crippen molar-refractivity contribution < 1.29 is 27.0 Å². The lowest BCUT2D eigenvalue weighted by atomic mass is 9.86. The number of aromatic nitrogens is 3. The molecule has 41 heavy (non-hydrogen) atoms. The van der Waals surface area contributed by atoms with Crippen LogP contribution in [-0.2, 0) is 6.18 Å². The number of halogens is 4. The predicted octanol–water partition coefficient (Wildman–Crippen LogP) is 5.86. The van der Waals surface area contributed by atoms with Crippen molar-refractivity contribution in [2.24, 2.45) is 5.92 Å². The van der Waals surface area contributed by atoms with E-state index in [1.165, 1.54) is 25.5 Å². The van der Waals surface area contributed by atoms with Gasteiger partial charge in [0.2, 0.25) is 11.8 Å². The van der Waals surface area contributed by atoms with Crippen molar-refractivity contribution in [3.8, 4) is 11.6 Å². The van der Waals surface area contributed by atoms with E-state index in [4.69, 9.17) is 9.47 Å². The highest BCUT2D eigenvalue weighted by Crippen LogP contribution is 2.42. The van der Waals surface area contributed by atoms with Crippen molar-refractivity contribution in [1.82, 2.24) is 15.0 Å². The molecule has 2 aliphatic heterocycles. The van der Waals surface area contributed by atoms with E-state index in [0.717, 1.165) is 56.4 Å². The van der Waals surface area contributed by atoms with Gasteiger partial charge < -0.3 is 24.6 Å². The maximum absolute atomic E-state index is 14.0. The third-order valence-electron chi connectivity index (χ3n) is 8.22. The van der Waals surface area contributed by atoms with Crippen LogP contribution in [0.5, 0.6) is 11.6 Å². The highest BCUT2D eigenvalue weighted by molar-refractivity contribution is 5.58. The number of nitrogens with zero attached hydrogens (tertiary/aromatic N) is 5. The van der Waals surface area contributed by atoms with Gasteiger partial charge >= 0.3 is 6.18 Å². The number of likely N-dealkylation sites (N-methyl/N-ethyl adjacent to an activating group) is 1. The normalized spacial score (nSPS) is 19.8. The Bertz CT molecular complexity index is 1380. The Morgan fingerprint density at radius 2 is 1.88 bits per heavy atom. The van der Waals surface area contributed by atoms with Gasteiger partial charge in [-0.15, -0.1) is 0 Å². The number of anilines is 3. The van der Waals surface area contributed by atoms with Crippen LogP contribution in [0.15, 0.2) is 42.7 Å². The Morgan fingerprint density at radius 3 is 2.61 bits per heavy atom. The molecule has 1 atom stereocenters. The largest absolute Gasteiger partial charge is 0.486 e. The van der Waals surface area contributed by atoms with E-state index in [0.29, 0.717) is 29.3 Å². The Labute approximate surface area is 235 Å². The van der Waals surface area contributed by atoms with E-state index in [-0.39, 0.29) is 18.2 Å². The minimum atomic E-state index is -4.63. The first kappa shape index (κ1) is 27.3. The fourth-order valence-electron chi connectivity index (χ4n) is 5.58. The van der Waals surface area contributed by atoms with Crippen molar-refractivity contribution in [2.45, 2.75) is 50.4 Å². The topological polar surface area (TPSA) is 75.6 Å². The van der Waals surface area contributed by atoms with Crippen molar-refractivity contribution in [1.29, 1.82) is 0 Å². The quantitative estimate of drug-likeness (QED) is 0.353. The summed E-state index contributed by atoms with van der Waals surface area (Å²) in [5.74, 6) is 1.63. The Kier molecular flexibility index (Phi) is 7.48. The first-order valence-electron chi connectivity index (χ1n) is 13.9. The molecule has 6 rings (SSSR count). The predicted molar refractivity (Wildman–Crippen MR) is 146 cm³/mol. The van der Waals surface area contributed by atoms with Gasteiger partial charge in [-0.25, -0.2) is 14.4 Å². The van der Waals surface area contributed by atoms with E-state index in [1.807, 2.05) is 12.1 Å². The van der Waals surface area contributed by atoms with Crippen LogP contribution < -0.4 is 24.6 Å². The molecule has 0 amide bonds. The zero-order chi connectivity index (χ0) is 28.6. The van der Waals surface area contributed by atoms with Gasteiger partial charge in [0, 0.05) is 44.1 Å². The second-order valence-corrected chi connectivity index (χ2v) is 10.9. The summed E-state index contributed by atoms with van der Waals surface area (Å²) in [5, 5.41) is 3.37. The third kappa shape index (κ3) is 5.96. The fourth-order valence-corrected chi connectivity index (χ4v) is 5.58. The number of benzene rings is 1. The van der Waals surface area contributed by atoms with Gasteiger partial charge in [0.1, 0.15) is 12.4 Å². The van der Waals surface area contributed by atoms with Gasteiger partial charge in [0.15, 0.2) is 11.6 Å². The van der Waals surface area contributed by atoms with Crippen LogP contribution in [0.2, 0.25) is 0 Å². The van der Waals surface area contributed by atoms with Crippen LogP contribution in [0.3, 0.4) is 0 Å². The summed E-state index contributed by atoms with van der Waals surface area (Å²) >= 11 is 0. The number of nitrogens with one attached hydrogen (secondary N) is 1. The van der Waals surface area contributed by atoms with Crippen LogP contribution in [0.4, 0.5) is 35.0 Å². The standard InChI is InChI=1S/C29H32F4N6O2/c1-38-24(22-13-19(30)5-6-23(22)29(31,32)33)17-40-25-15-35-28(37-27(25)38)36-20-8-11-39(12-9-20)21-7-10-34-26(14-21)41-16-18-3-2-4-18/h5-7,10,13-15,18,20,24H,2-4,8-9,11-12,16-17H2,1H3,(H,35,36,37). The Hall–Kier alpha value is -3.83. The molecule has 1 N–H and O–H groups in total. The molecule has 1 saturated heterocycles. The molecule has 3 aromatic rings.